The number of rotatable bonds is 1. The van der Waals surface area contributed by atoms with E-state index in [1.807, 2.05) is 0 Å². The Bertz CT molecular complexity index is 421. The molecular weight excluding hydrogens is 222 g/mol. The van der Waals surface area contributed by atoms with Crippen LogP contribution in [0.1, 0.15) is 57.6 Å². The van der Waals surface area contributed by atoms with Crippen molar-refractivity contribution in [2.45, 2.75) is 63.5 Å². The SMILES string of the molecule is CC(C)(C)c1cccc(C2(N)CCCCC2O)c1. The van der Waals surface area contributed by atoms with Gasteiger partial charge in [0.1, 0.15) is 0 Å². The maximum Gasteiger partial charge on any atom is 0.0761 e. The van der Waals surface area contributed by atoms with Crippen LogP contribution in [-0.2, 0) is 11.0 Å². The molecule has 0 amide bonds. The van der Waals surface area contributed by atoms with E-state index in [0.717, 1.165) is 31.2 Å². The van der Waals surface area contributed by atoms with Crippen molar-refractivity contribution < 1.29 is 5.11 Å². The monoisotopic (exact) mass is 247 g/mol. The lowest BCUT2D eigenvalue weighted by atomic mass is 9.73. The first-order valence-corrected chi connectivity index (χ1v) is 6.92. The molecular formula is C16H25NO. The second kappa shape index (κ2) is 4.67. The Hall–Kier alpha value is -0.860. The molecule has 0 radical (unpaired) electrons. The highest BCUT2D eigenvalue weighted by Gasteiger charge is 2.38. The van der Waals surface area contributed by atoms with Gasteiger partial charge in [0, 0.05) is 0 Å². The highest BCUT2D eigenvalue weighted by atomic mass is 16.3. The van der Waals surface area contributed by atoms with Crippen LogP contribution < -0.4 is 5.73 Å². The fourth-order valence-corrected chi connectivity index (χ4v) is 2.79. The van der Waals surface area contributed by atoms with Gasteiger partial charge < -0.3 is 10.8 Å². The molecule has 2 atom stereocenters. The molecule has 0 heterocycles. The van der Waals surface area contributed by atoms with E-state index in [1.54, 1.807) is 0 Å². The van der Waals surface area contributed by atoms with Crippen LogP contribution in [-0.4, -0.2) is 11.2 Å². The van der Waals surface area contributed by atoms with E-state index < -0.39 is 11.6 Å². The van der Waals surface area contributed by atoms with Crippen LogP contribution >= 0.6 is 0 Å². The zero-order valence-electron chi connectivity index (χ0n) is 11.7. The molecule has 0 spiro atoms. The number of nitrogens with two attached hydrogens (primary N) is 1. The van der Waals surface area contributed by atoms with E-state index in [-0.39, 0.29) is 5.41 Å². The largest absolute Gasteiger partial charge is 0.391 e. The van der Waals surface area contributed by atoms with Crippen molar-refractivity contribution in [3.05, 3.63) is 35.4 Å². The zero-order chi connectivity index (χ0) is 13.4. The van der Waals surface area contributed by atoms with Crippen molar-refractivity contribution in [3.8, 4) is 0 Å². The average molecular weight is 247 g/mol. The van der Waals surface area contributed by atoms with Crippen molar-refractivity contribution in [1.82, 2.24) is 0 Å². The molecule has 3 N–H and O–H groups in total. The smallest absolute Gasteiger partial charge is 0.0761 e. The van der Waals surface area contributed by atoms with Gasteiger partial charge in [0.05, 0.1) is 11.6 Å². The minimum absolute atomic E-state index is 0.117. The van der Waals surface area contributed by atoms with Crippen LogP contribution in [0.25, 0.3) is 0 Å². The molecule has 1 aromatic carbocycles. The summed E-state index contributed by atoms with van der Waals surface area (Å²) in [6.45, 7) is 6.60. The number of aliphatic hydroxyl groups excluding tert-OH is 1. The van der Waals surface area contributed by atoms with E-state index in [0.29, 0.717) is 0 Å². The number of hydrogen-bond acceptors (Lipinski definition) is 2. The average Bonchev–Trinajstić information content (AvgIpc) is 2.32. The molecule has 1 aromatic rings. The molecule has 1 aliphatic carbocycles. The van der Waals surface area contributed by atoms with E-state index in [1.165, 1.54) is 5.56 Å². The fourth-order valence-electron chi connectivity index (χ4n) is 2.79. The number of hydrogen-bond donors (Lipinski definition) is 2. The van der Waals surface area contributed by atoms with Gasteiger partial charge >= 0.3 is 0 Å². The third kappa shape index (κ3) is 2.45. The summed E-state index contributed by atoms with van der Waals surface area (Å²) in [5, 5.41) is 10.3. The predicted molar refractivity (Wildman–Crippen MR) is 75.5 cm³/mol. The summed E-state index contributed by atoms with van der Waals surface area (Å²) in [5.74, 6) is 0. The fraction of sp³-hybridized carbons (Fsp3) is 0.625. The third-order valence-electron chi connectivity index (χ3n) is 4.18. The normalized spacial score (nSPS) is 29.3. The van der Waals surface area contributed by atoms with Crippen molar-refractivity contribution in [3.63, 3.8) is 0 Å². The van der Waals surface area contributed by atoms with Crippen molar-refractivity contribution in [2.75, 3.05) is 0 Å². The third-order valence-corrected chi connectivity index (χ3v) is 4.18. The molecule has 2 rings (SSSR count). The minimum Gasteiger partial charge on any atom is -0.391 e. The summed E-state index contributed by atoms with van der Waals surface area (Å²) >= 11 is 0. The van der Waals surface area contributed by atoms with Crippen LogP contribution in [0.5, 0.6) is 0 Å². The van der Waals surface area contributed by atoms with Crippen molar-refractivity contribution in [2.24, 2.45) is 5.73 Å². The number of benzene rings is 1. The standard InChI is InChI=1S/C16H25NO/c1-15(2,3)12-7-6-8-13(11-12)16(17)10-5-4-9-14(16)18/h6-8,11,14,18H,4-5,9-10,17H2,1-3H3. The lowest BCUT2D eigenvalue weighted by Gasteiger charge is -2.39. The Balaban J connectivity index is 2.38. The van der Waals surface area contributed by atoms with E-state index in [9.17, 15) is 5.11 Å². The lowest BCUT2D eigenvalue weighted by Crippen LogP contribution is -2.50. The number of aliphatic hydroxyl groups is 1. The van der Waals surface area contributed by atoms with Crippen molar-refractivity contribution in [1.29, 1.82) is 0 Å². The van der Waals surface area contributed by atoms with Crippen LogP contribution in [0, 0.1) is 0 Å². The van der Waals surface area contributed by atoms with E-state index in [2.05, 4.69) is 45.0 Å². The minimum atomic E-state index is -0.556. The molecule has 1 fully saturated rings. The van der Waals surface area contributed by atoms with Gasteiger partial charge in [-0.25, -0.2) is 0 Å². The van der Waals surface area contributed by atoms with Gasteiger partial charge in [0.15, 0.2) is 0 Å². The molecule has 0 aromatic heterocycles. The topological polar surface area (TPSA) is 46.2 Å². The molecule has 0 saturated heterocycles. The summed E-state index contributed by atoms with van der Waals surface area (Å²) < 4.78 is 0. The highest BCUT2D eigenvalue weighted by Crippen LogP contribution is 2.36. The molecule has 2 nitrogen and oxygen atoms in total. The van der Waals surface area contributed by atoms with Gasteiger partial charge in [-0.15, -0.1) is 0 Å². The van der Waals surface area contributed by atoms with Crippen molar-refractivity contribution >= 4 is 0 Å². The predicted octanol–water partition coefficient (Wildman–Crippen LogP) is 3.07. The second-order valence-electron chi connectivity index (χ2n) is 6.63. The molecule has 0 bridgehead atoms. The Morgan fingerprint density at radius 1 is 1.28 bits per heavy atom. The quantitative estimate of drug-likeness (QED) is 0.801. The van der Waals surface area contributed by atoms with Gasteiger partial charge in [-0.1, -0.05) is 57.9 Å². The summed E-state index contributed by atoms with van der Waals surface area (Å²) in [6.07, 6.45) is 3.46. The van der Waals surface area contributed by atoms with Gasteiger partial charge in [0.25, 0.3) is 0 Å². The first-order valence-electron chi connectivity index (χ1n) is 6.92. The second-order valence-corrected chi connectivity index (χ2v) is 6.63. The first kappa shape index (κ1) is 13.6. The van der Waals surface area contributed by atoms with Gasteiger partial charge in [-0.05, 0) is 29.4 Å². The summed E-state index contributed by atoms with van der Waals surface area (Å²) in [4.78, 5) is 0. The van der Waals surface area contributed by atoms with E-state index in [4.69, 9.17) is 5.73 Å². The van der Waals surface area contributed by atoms with Crippen LogP contribution in [0.15, 0.2) is 24.3 Å². The highest BCUT2D eigenvalue weighted by molar-refractivity contribution is 5.34. The Morgan fingerprint density at radius 2 is 2.00 bits per heavy atom. The lowest BCUT2D eigenvalue weighted by molar-refractivity contribution is 0.0449. The molecule has 2 unspecified atom stereocenters. The van der Waals surface area contributed by atoms with Gasteiger partial charge in [0.2, 0.25) is 0 Å². The van der Waals surface area contributed by atoms with Gasteiger partial charge in [-0.3, -0.25) is 0 Å². The molecule has 2 heteroatoms. The zero-order valence-corrected chi connectivity index (χ0v) is 11.7. The summed E-state index contributed by atoms with van der Waals surface area (Å²) in [7, 11) is 0. The van der Waals surface area contributed by atoms with Crippen LogP contribution in [0.2, 0.25) is 0 Å². The summed E-state index contributed by atoms with van der Waals surface area (Å²) in [5.41, 5.74) is 8.41. The molecule has 18 heavy (non-hydrogen) atoms. The molecule has 1 saturated carbocycles. The molecule has 100 valence electrons. The molecule has 1 aliphatic rings. The van der Waals surface area contributed by atoms with Gasteiger partial charge in [-0.2, -0.15) is 0 Å². The van der Waals surface area contributed by atoms with Crippen LogP contribution in [0.3, 0.4) is 0 Å². The Labute approximate surface area is 110 Å². The maximum atomic E-state index is 10.3. The summed E-state index contributed by atoms with van der Waals surface area (Å²) in [6, 6.07) is 8.44. The maximum absolute atomic E-state index is 10.3. The Kier molecular flexibility index (Phi) is 3.52. The van der Waals surface area contributed by atoms with Crippen LogP contribution in [0.4, 0.5) is 0 Å². The van der Waals surface area contributed by atoms with E-state index >= 15 is 0 Å². The Morgan fingerprint density at radius 3 is 2.61 bits per heavy atom. The molecule has 0 aliphatic heterocycles. The first-order chi connectivity index (χ1) is 8.34.